The Morgan fingerprint density at radius 3 is 2.03 bits per heavy atom. The van der Waals surface area contributed by atoms with Crippen LogP contribution >= 0.6 is 0 Å². The normalized spacial score (nSPS) is 12.3. The molecule has 180 valence electrons. The lowest BCUT2D eigenvalue weighted by Gasteiger charge is -2.26. The minimum atomic E-state index is -3.94. The molecule has 0 heterocycles. The third-order valence-electron chi connectivity index (χ3n) is 5.73. The molecule has 0 spiro atoms. The van der Waals surface area contributed by atoms with Crippen LogP contribution in [-0.4, -0.2) is 28.0 Å². The van der Waals surface area contributed by atoms with E-state index in [0.29, 0.717) is 18.0 Å². The molecule has 1 N–H and O–H groups in total. The van der Waals surface area contributed by atoms with Crippen LogP contribution in [0.4, 0.5) is 5.69 Å². The van der Waals surface area contributed by atoms with Gasteiger partial charge in [-0.3, -0.25) is 9.10 Å². The monoisotopic (exact) mass is 480 g/mol. The van der Waals surface area contributed by atoms with E-state index in [4.69, 9.17) is 4.74 Å². The Bertz CT molecular complexity index is 1180. The Labute approximate surface area is 202 Å². The first-order chi connectivity index (χ1) is 16.3. The first-order valence-corrected chi connectivity index (χ1v) is 12.8. The number of methoxy groups -OCH3 is 1. The third kappa shape index (κ3) is 5.97. The average molecular weight is 481 g/mol. The number of nitrogens with zero attached hydrogens (tertiary/aromatic N) is 1. The van der Waals surface area contributed by atoms with Crippen molar-refractivity contribution in [2.24, 2.45) is 0 Å². The molecule has 0 bridgehead atoms. The zero-order chi connectivity index (χ0) is 24.7. The van der Waals surface area contributed by atoms with Crippen molar-refractivity contribution >= 4 is 21.6 Å². The van der Waals surface area contributed by atoms with Crippen LogP contribution in [-0.2, 0) is 14.8 Å². The second kappa shape index (κ2) is 11.2. The zero-order valence-corrected chi connectivity index (χ0v) is 20.9. The molecule has 7 heteroatoms. The summed E-state index contributed by atoms with van der Waals surface area (Å²) in [5, 5.41) is 2.99. The molecule has 0 unspecified atom stereocenters. The first kappa shape index (κ1) is 25.3. The van der Waals surface area contributed by atoms with Gasteiger partial charge >= 0.3 is 0 Å². The van der Waals surface area contributed by atoms with Crippen molar-refractivity contribution in [3.63, 3.8) is 0 Å². The van der Waals surface area contributed by atoms with Gasteiger partial charge in [-0.2, -0.15) is 0 Å². The van der Waals surface area contributed by atoms with E-state index in [-0.39, 0.29) is 23.4 Å². The van der Waals surface area contributed by atoms with Crippen LogP contribution in [0.1, 0.15) is 50.3 Å². The number of ether oxygens (including phenoxy) is 1. The Hall–Kier alpha value is -3.32. The van der Waals surface area contributed by atoms with Crippen LogP contribution in [0, 0.1) is 0 Å². The minimum absolute atomic E-state index is 0.137. The number of hydrogen-bond donors (Lipinski definition) is 1. The van der Waals surface area contributed by atoms with Crippen molar-refractivity contribution in [3.05, 3.63) is 90.0 Å². The minimum Gasteiger partial charge on any atom is -0.497 e. The quantitative estimate of drug-likeness (QED) is 0.428. The number of benzene rings is 3. The fourth-order valence-corrected chi connectivity index (χ4v) is 5.13. The van der Waals surface area contributed by atoms with Crippen molar-refractivity contribution in [2.45, 2.75) is 44.0 Å². The summed E-state index contributed by atoms with van der Waals surface area (Å²) in [5.41, 5.74) is 2.46. The van der Waals surface area contributed by atoms with Gasteiger partial charge in [0.1, 0.15) is 12.3 Å². The molecule has 3 aromatic carbocycles. The summed E-state index contributed by atoms with van der Waals surface area (Å²) < 4.78 is 33.4. The highest BCUT2D eigenvalue weighted by atomic mass is 32.2. The summed E-state index contributed by atoms with van der Waals surface area (Å²) in [6.07, 6.45) is 0.659. The molecule has 0 radical (unpaired) electrons. The largest absolute Gasteiger partial charge is 0.497 e. The summed E-state index contributed by atoms with van der Waals surface area (Å²) in [5.74, 6) is 0.663. The molecule has 6 nitrogen and oxygen atoms in total. The molecule has 0 saturated heterocycles. The summed E-state index contributed by atoms with van der Waals surface area (Å²) in [6, 6.07) is 22.7. The third-order valence-corrected chi connectivity index (χ3v) is 7.52. The van der Waals surface area contributed by atoms with Crippen molar-refractivity contribution in [1.29, 1.82) is 0 Å². The summed E-state index contributed by atoms with van der Waals surface area (Å²) >= 11 is 0. The lowest BCUT2D eigenvalue weighted by molar-refractivity contribution is -0.120. The Balaban J connectivity index is 1.89. The topological polar surface area (TPSA) is 75.7 Å². The lowest BCUT2D eigenvalue weighted by atomic mass is 10.0. The zero-order valence-electron chi connectivity index (χ0n) is 20.1. The number of sulfonamides is 1. The highest BCUT2D eigenvalue weighted by molar-refractivity contribution is 7.92. The van der Waals surface area contributed by atoms with Gasteiger partial charge in [0, 0.05) is 0 Å². The second-order valence-electron chi connectivity index (χ2n) is 8.37. The molecule has 0 aromatic heterocycles. The van der Waals surface area contributed by atoms with Gasteiger partial charge < -0.3 is 10.1 Å². The van der Waals surface area contributed by atoms with Crippen LogP contribution in [0.3, 0.4) is 0 Å². The number of anilines is 1. The summed E-state index contributed by atoms with van der Waals surface area (Å²) in [6.45, 7) is 5.79. The molecule has 0 saturated carbocycles. The Morgan fingerprint density at radius 2 is 1.50 bits per heavy atom. The van der Waals surface area contributed by atoms with E-state index in [9.17, 15) is 13.2 Å². The van der Waals surface area contributed by atoms with Crippen LogP contribution < -0.4 is 14.4 Å². The predicted molar refractivity (Wildman–Crippen MR) is 136 cm³/mol. The van der Waals surface area contributed by atoms with Gasteiger partial charge in [-0.1, -0.05) is 63.2 Å². The van der Waals surface area contributed by atoms with Gasteiger partial charge in [-0.05, 0) is 59.9 Å². The van der Waals surface area contributed by atoms with E-state index in [1.807, 2.05) is 43.3 Å². The highest BCUT2D eigenvalue weighted by Gasteiger charge is 2.28. The fourth-order valence-electron chi connectivity index (χ4n) is 3.69. The fraction of sp³-hybridized carbons (Fsp3) is 0.296. The van der Waals surface area contributed by atoms with Crippen molar-refractivity contribution in [2.75, 3.05) is 18.0 Å². The predicted octanol–water partition coefficient (Wildman–Crippen LogP) is 5.28. The number of rotatable bonds is 10. The molecule has 0 aliphatic heterocycles. The van der Waals surface area contributed by atoms with E-state index >= 15 is 0 Å². The molecule has 34 heavy (non-hydrogen) atoms. The SMILES string of the molecule is CC[C@H](NC(=O)CN(c1ccc(C(C)C)cc1)S(=O)(=O)c1ccccc1)c1ccc(OC)cc1. The first-order valence-electron chi connectivity index (χ1n) is 11.4. The summed E-state index contributed by atoms with van der Waals surface area (Å²) in [7, 11) is -2.34. The van der Waals surface area contributed by atoms with Crippen molar-refractivity contribution < 1.29 is 17.9 Å². The smallest absolute Gasteiger partial charge is 0.264 e. The van der Waals surface area contributed by atoms with Gasteiger partial charge in [-0.25, -0.2) is 8.42 Å². The number of nitrogens with one attached hydrogen (secondary N) is 1. The van der Waals surface area contributed by atoms with Gasteiger partial charge in [-0.15, -0.1) is 0 Å². The van der Waals surface area contributed by atoms with Crippen LogP contribution in [0.25, 0.3) is 0 Å². The number of carbonyl (C=O) groups excluding carboxylic acids is 1. The lowest BCUT2D eigenvalue weighted by Crippen LogP contribution is -2.42. The van der Waals surface area contributed by atoms with Crippen molar-refractivity contribution in [1.82, 2.24) is 5.32 Å². The molecule has 0 aliphatic carbocycles. The molecular weight excluding hydrogens is 448 g/mol. The molecule has 1 atom stereocenters. The van der Waals surface area contributed by atoms with Gasteiger partial charge in [0.25, 0.3) is 10.0 Å². The summed E-state index contributed by atoms with van der Waals surface area (Å²) in [4.78, 5) is 13.2. The number of carbonyl (C=O) groups is 1. The van der Waals surface area contributed by atoms with Crippen LogP contribution in [0.15, 0.2) is 83.8 Å². The van der Waals surface area contributed by atoms with Gasteiger partial charge in [0.2, 0.25) is 5.91 Å². The molecule has 3 aromatic rings. The Kier molecular flexibility index (Phi) is 8.34. The van der Waals surface area contributed by atoms with E-state index in [1.54, 1.807) is 37.4 Å². The van der Waals surface area contributed by atoms with Crippen LogP contribution in [0.2, 0.25) is 0 Å². The van der Waals surface area contributed by atoms with E-state index in [2.05, 4.69) is 19.2 Å². The molecule has 3 rings (SSSR count). The molecule has 0 fully saturated rings. The second-order valence-corrected chi connectivity index (χ2v) is 10.2. The van der Waals surface area contributed by atoms with Gasteiger partial charge in [0.15, 0.2) is 0 Å². The molecule has 1 amide bonds. The highest BCUT2D eigenvalue weighted by Crippen LogP contribution is 2.26. The van der Waals surface area contributed by atoms with E-state index in [1.165, 1.54) is 16.4 Å². The standard InChI is InChI=1S/C27H32N2O4S/c1-5-26(22-13-17-24(33-4)18-14-22)28-27(30)19-29(23-15-11-21(12-16-23)20(2)3)34(31,32)25-9-7-6-8-10-25/h6-18,20,26H,5,19H2,1-4H3,(H,28,30)/t26-/m0/s1. The number of hydrogen-bond acceptors (Lipinski definition) is 4. The Morgan fingerprint density at radius 1 is 0.912 bits per heavy atom. The van der Waals surface area contributed by atoms with E-state index < -0.39 is 10.0 Å². The maximum absolute atomic E-state index is 13.5. The van der Waals surface area contributed by atoms with Crippen molar-refractivity contribution in [3.8, 4) is 5.75 Å². The molecule has 0 aliphatic rings. The van der Waals surface area contributed by atoms with E-state index in [0.717, 1.165) is 16.9 Å². The number of amides is 1. The maximum atomic E-state index is 13.5. The van der Waals surface area contributed by atoms with Crippen LogP contribution in [0.5, 0.6) is 5.75 Å². The van der Waals surface area contributed by atoms with Gasteiger partial charge in [0.05, 0.1) is 23.7 Å². The molecular formula is C27H32N2O4S. The average Bonchev–Trinajstić information content (AvgIpc) is 2.86. The maximum Gasteiger partial charge on any atom is 0.264 e.